The van der Waals surface area contributed by atoms with Crippen LogP contribution in [0.1, 0.15) is 43.6 Å². The molecule has 92 valence electrons. The Balaban J connectivity index is 2.12. The number of nitrogens with zero attached hydrogens (tertiary/aromatic N) is 2. The Kier molecular flexibility index (Phi) is 3.56. The lowest BCUT2D eigenvalue weighted by molar-refractivity contribution is -0.386. The Morgan fingerprint density at radius 3 is 2.76 bits per heavy atom. The van der Waals surface area contributed by atoms with Crippen molar-refractivity contribution in [3.05, 3.63) is 27.6 Å². The zero-order valence-corrected chi connectivity index (χ0v) is 9.89. The Labute approximate surface area is 99.6 Å². The summed E-state index contributed by atoms with van der Waals surface area (Å²) in [7, 11) is 0. The molecule has 0 amide bonds. The topological polar surface area (TPSA) is 69.2 Å². The fraction of sp³-hybridized carbons (Fsp3) is 0.583. The summed E-state index contributed by atoms with van der Waals surface area (Å²) in [5.74, 6) is 0.790. The largest absolute Gasteiger partial charge is 0.354 e. The van der Waals surface area contributed by atoms with E-state index in [1.165, 1.54) is 32.1 Å². The van der Waals surface area contributed by atoms with Crippen molar-refractivity contribution in [1.82, 2.24) is 5.16 Å². The molecule has 1 saturated carbocycles. The summed E-state index contributed by atoms with van der Waals surface area (Å²) in [6, 6.07) is 0. The standard InChI is InChI=1S/C12H16N2O3/c1-9-12(14(15)16)11(13-17-9)8-7-10-5-3-2-4-6-10/h7-8,10H,2-6H2,1H3/b8-7+. The van der Waals surface area contributed by atoms with Gasteiger partial charge in [-0.2, -0.15) is 0 Å². The summed E-state index contributed by atoms with van der Waals surface area (Å²) in [6.07, 6.45) is 9.88. The predicted molar refractivity (Wildman–Crippen MR) is 63.5 cm³/mol. The number of aryl methyl sites for hydroxylation is 1. The van der Waals surface area contributed by atoms with E-state index < -0.39 is 4.92 Å². The van der Waals surface area contributed by atoms with Crippen LogP contribution in [0, 0.1) is 23.0 Å². The zero-order valence-electron chi connectivity index (χ0n) is 9.89. The van der Waals surface area contributed by atoms with E-state index in [1.807, 2.05) is 6.08 Å². The molecule has 0 radical (unpaired) electrons. The lowest BCUT2D eigenvalue weighted by atomic mass is 9.89. The molecular weight excluding hydrogens is 220 g/mol. The van der Waals surface area contributed by atoms with Crippen molar-refractivity contribution in [2.24, 2.45) is 5.92 Å². The van der Waals surface area contributed by atoms with Crippen LogP contribution in [-0.2, 0) is 0 Å². The maximum atomic E-state index is 10.8. The van der Waals surface area contributed by atoms with Crippen molar-refractivity contribution in [3.8, 4) is 0 Å². The van der Waals surface area contributed by atoms with E-state index in [4.69, 9.17) is 4.52 Å². The second-order valence-electron chi connectivity index (χ2n) is 4.49. The molecule has 0 aliphatic heterocycles. The summed E-state index contributed by atoms with van der Waals surface area (Å²) in [5, 5.41) is 14.5. The van der Waals surface area contributed by atoms with Crippen molar-refractivity contribution >= 4 is 11.8 Å². The summed E-state index contributed by atoms with van der Waals surface area (Å²) < 4.78 is 4.85. The van der Waals surface area contributed by atoms with Crippen LogP contribution < -0.4 is 0 Å². The average molecular weight is 236 g/mol. The quantitative estimate of drug-likeness (QED) is 0.595. The van der Waals surface area contributed by atoms with Gasteiger partial charge in [0.2, 0.25) is 5.76 Å². The van der Waals surface area contributed by atoms with Gasteiger partial charge in [-0.05, 0) is 24.8 Å². The van der Waals surface area contributed by atoms with Gasteiger partial charge in [0.15, 0.2) is 5.69 Å². The molecule has 0 spiro atoms. The SMILES string of the molecule is Cc1onc(/C=C/C2CCCCC2)c1[N+](=O)[O-]. The highest BCUT2D eigenvalue weighted by Gasteiger charge is 2.22. The van der Waals surface area contributed by atoms with E-state index in [0.29, 0.717) is 11.6 Å². The summed E-state index contributed by atoms with van der Waals surface area (Å²) in [4.78, 5) is 10.4. The molecule has 0 saturated heterocycles. The van der Waals surface area contributed by atoms with Crippen molar-refractivity contribution in [2.75, 3.05) is 0 Å². The first-order chi connectivity index (χ1) is 8.18. The number of rotatable bonds is 3. The number of nitro groups is 1. The van der Waals surface area contributed by atoms with Crippen molar-refractivity contribution < 1.29 is 9.45 Å². The van der Waals surface area contributed by atoms with E-state index in [2.05, 4.69) is 5.16 Å². The average Bonchev–Trinajstić information content (AvgIpc) is 2.69. The summed E-state index contributed by atoms with van der Waals surface area (Å²) in [5.41, 5.74) is 0.315. The number of allylic oxidation sites excluding steroid dienone is 1. The first kappa shape index (κ1) is 11.8. The molecule has 5 heteroatoms. The molecule has 0 N–H and O–H groups in total. The zero-order chi connectivity index (χ0) is 12.3. The predicted octanol–water partition coefficient (Wildman–Crippen LogP) is 3.48. The van der Waals surface area contributed by atoms with Crippen molar-refractivity contribution in [2.45, 2.75) is 39.0 Å². The fourth-order valence-corrected chi connectivity index (χ4v) is 2.27. The van der Waals surface area contributed by atoms with Gasteiger partial charge in [-0.1, -0.05) is 30.5 Å². The van der Waals surface area contributed by atoms with Gasteiger partial charge in [0.05, 0.1) is 4.92 Å². The molecule has 1 heterocycles. The third-order valence-corrected chi connectivity index (χ3v) is 3.22. The minimum Gasteiger partial charge on any atom is -0.354 e. The Morgan fingerprint density at radius 2 is 2.12 bits per heavy atom. The molecule has 0 unspecified atom stereocenters. The van der Waals surface area contributed by atoms with E-state index in [9.17, 15) is 10.1 Å². The van der Waals surface area contributed by atoms with Gasteiger partial charge in [0.25, 0.3) is 0 Å². The monoisotopic (exact) mass is 236 g/mol. The molecule has 0 aromatic carbocycles. The van der Waals surface area contributed by atoms with Gasteiger partial charge in [-0.15, -0.1) is 0 Å². The van der Waals surface area contributed by atoms with Crippen molar-refractivity contribution in [1.29, 1.82) is 0 Å². The van der Waals surface area contributed by atoms with E-state index >= 15 is 0 Å². The van der Waals surface area contributed by atoms with Crippen LogP contribution in [-0.4, -0.2) is 10.1 Å². The summed E-state index contributed by atoms with van der Waals surface area (Å²) >= 11 is 0. The highest BCUT2D eigenvalue weighted by molar-refractivity contribution is 5.57. The van der Waals surface area contributed by atoms with E-state index in [-0.39, 0.29) is 11.4 Å². The van der Waals surface area contributed by atoms with E-state index in [0.717, 1.165) is 0 Å². The Hall–Kier alpha value is -1.65. The van der Waals surface area contributed by atoms with Crippen LogP contribution >= 0.6 is 0 Å². The van der Waals surface area contributed by atoms with Crippen LogP contribution in [0.3, 0.4) is 0 Å². The molecule has 0 bridgehead atoms. The molecule has 17 heavy (non-hydrogen) atoms. The van der Waals surface area contributed by atoms with Gasteiger partial charge in [0.1, 0.15) is 0 Å². The van der Waals surface area contributed by atoms with Gasteiger partial charge in [-0.3, -0.25) is 10.1 Å². The molecule has 2 rings (SSSR count). The fourth-order valence-electron chi connectivity index (χ4n) is 2.27. The molecule has 0 atom stereocenters. The van der Waals surface area contributed by atoms with Crippen molar-refractivity contribution in [3.63, 3.8) is 0 Å². The Morgan fingerprint density at radius 1 is 1.41 bits per heavy atom. The lowest BCUT2D eigenvalue weighted by Gasteiger charge is -2.17. The van der Waals surface area contributed by atoms with E-state index in [1.54, 1.807) is 13.0 Å². The highest BCUT2D eigenvalue weighted by Crippen LogP contribution is 2.28. The van der Waals surface area contributed by atoms with Crippen LogP contribution in [0.15, 0.2) is 10.6 Å². The molecule has 1 aliphatic rings. The van der Waals surface area contributed by atoms with Gasteiger partial charge in [0, 0.05) is 6.92 Å². The van der Waals surface area contributed by atoms with Crippen LogP contribution in [0.5, 0.6) is 0 Å². The second kappa shape index (κ2) is 5.12. The smallest absolute Gasteiger partial charge is 0.338 e. The Bertz CT molecular complexity index is 431. The van der Waals surface area contributed by atoms with Gasteiger partial charge >= 0.3 is 5.69 Å². The number of hydrogen-bond donors (Lipinski definition) is 0. The molecule has 5 nitrogen and oxygen atoms in total. The molecule has 1 fully saturated rings. The normalized spacial score (nSPS) is 17.7. The second-order valence-corrected chi connectivity index (χ2v) is 4.49. The minimum atomic E-state index is -0.438. The van der Waals surface area contributed by atoms with Crippen LogP contribution in [0.25, 0.3) is 6.08 Å². The molecule has 1 aliphatic carbocycles. The lowest BCUT2D eigenvalue weighted by Crippen LogP contribution is -2.02. The van der Waals surface area contributed by atoms with Gasteiger partial charge in [-0.25, -0.2) is 0 Å². The third-order valence-electron chi connectivity index (χ3n) is 3.22. The first-order valence-corrected chi connectivity index (χ1v) is 5.97. The van der Waals surface area contributed by atoms with Crippen LogP contribution in [0.2, 0.25) is 0 Å². The molecule has 1 aromatic rings. The maximum Gasteiger partial charge on any atom is 0.338 e. The van der Waals surface area contributed by atoms with Gasteiger partial charge < -0.3 is 4.52 Å². The third kappa shape index (κ3) is 2.72. The highest BCUT2D eigenvalue weighted by atomic mass is 16.6. The number of hydrogen-bond acceptors (Lipinski definition) is 4. The number of aromatic nitrogens is 1. The molecular formula is C12H16N2O3. The maximum absolute atomic E-state index is 10.8. The summed E-state index contributed by atoms with van der Waals surface area (Å²) in [6.45, 7) is 1.56. The molecule has 1 aromatic heterocycles. The van der Waals surface area contributed by atoms with Crippen LogP contribution in [0.4, 0.5) is 5.69 Å². The minimum absolute atomic E-state index is 0.0166. The first-order valence-electron chi connectivity index (χ1n) is 5.97.